The van der Waals surface area contributed by atoms with Crippen LogP contribution < -0.4 is 0 Å². The number of aryl methyl sites for hydroxylation is 1. The Balaban J connectivity index is 2.32. The van der Waals surface area contributed by atoms with E-state index in [1.54, 1.807) is 0 Å². The van der Waals surface area contributed by atoms with Crippen LogP contribution >= 0.6 is 31.9 Å². The molecule has 1 fully saturated rings. The maximum Gasteiger partial charge on any atom is 0.169 e. The molecule has 0 N–H and O–H groups in total. The molecule has 0 amide bonds. The van der Waals surface area contributed by atoms with Crippen LogP contribution in [0.15, 0.2) is 21.1 Å². The molecule has 0 radical (unpaired) electrons. The molecule has 0 saturated carbocycles. The first kappa shape index (κ1) is 12.3. The predicted molar refractivity (Wildman–Crippen MR) is 69.8 cm³/mol. The van der Waals surface area contributed by atoms with Gasteiger partial charge in [0.2, 0.25) is 0 Å². The summed E-state index contributed by atoms with van der Waals surface area (Å²) in [4.78, 5) is 12.2. The van der Waals surface area contributed by atoms with Crippen LogP contribution in [0.4, 0.5) is 0 Å². The first-order valence-electron chi connectivity index (χ1n) is 5.17. The highest BCUT2D eigenvalue weighted by molar-refractivity contribution is 9.11. The number of halogens is 2. The number of Topliss-reactive ketones (excluding diaryl/α,β-unsaturated/α-hetero) is 1. The van der Waals surface area contributed by atoms with Crippen molar-refractivity contribution in [2.45, 2.75) is 13.3 Å². The molecule has 1 aliphatic heterocycles. The van der Waals surface area contributed by atoms with Crippen molar-refractivity contribution in [3.63, 3.8) is 0 Å². The summed E-state index contributed by atoms with van der Waals surface area (Å²) in [6.07, 6.45) is 0.830. The lowest BCUT2D eigenvalue weighted by molar-refractivity contribution is 0.0899. The van der Waals surface area contributed by atoms with E-state index in [0.29, 0.717) is 13.2 Å². The van der Waals surface area contributed by atoms with Gasteiger partial charge in [-0.1, -0.05) is 31.9 Å². The largest absolute Gasteiger partial charge is 0.381 e. The van der Waals surface area contributed by atoms with Crippen LogP contribution in [0.3, 0.4) is 0 Å². The topological polar surface area (TPSA) is 26.3 Å². The second kappa shape index (κ2) is 4.98. The predicted octanol–water partition coefficient (Wildman–Crippen LogP) is 3.74. The lowest BCUT2D eigenvalue weighted by Crippen LogP contribution is -2.15. The van der Waals surface area contributed by atoms with Gasteiger partial charge in [0.1, 0.15) is 0 Å². The van der Waals surface area contributed by atoms with E-state index >= 15 is 0 Å². The summed E-state index contributed by atoms with van der Waals surface area (Å²) < 4.78 is 7.08. The summed E-state index contributed by atoms with van der Waals surface area (Å²) in [7, 11) is 0. The average Bonchev–Trinajstić information content (AvgIpc) is 2.75. The van der Waals surface area contributed by atoms with E-state index < -0.39 is 0 Å². The molecule has 16 heavy (non-hydrogen) atoms. The SMILES string of the molecule is Cc1cc(Br)c(C(=O)C2CCOC2)cc1Br. The molecule has 86 valence electrons. The minimum Gasteiger partial charge on any atom is -0.381 e. The van der Waals surface area contributed by atoms with Crippen LogP contribution in [-0.2, 0) is 4.74 Å². The Morgan fingerprint density at radius 1 is 1.38 bits per heavy atom. The zero-order valence-electron chi connectivity index (χ0n) is 8.93. The molecule has 2 rings (SSSR count). The Kier molecular flexibility index (Phi) is 3.82. The third kappa shape index (κ3) is 2.39. The van der Waals surface area contributed by atoms with E-state index in [1.807, 2.05) is 19.1 Å². The zero-order chi connectivity index (χ0) is 11.7. The van der Waals surface area contributed by atoms with Crippen molar-refractivity contribution in [2.75, 3.05) is 13.2 Å². The van der Waals surface area contributed by atoms with Gasteiger partial charge in [-0.2, -0.15) is 0 Å². The number of carbonyl (C=O) groups excluding carboxylic acids is 1. The summed E-state index contributed by atoms with van der Waals surface area (Å²) in [6.45, 7) is 3.25. The average molecular weight is 348 g/mol. The van der Waals surface area contributed by atoms with Gasteiger partial charge in [-0.3, -0.25) is 4.79 Å². The number of benzene rings is 1. The van der Waals surface area contributed by atoms with E-state index in [9.17, 15) is 4.79 Å². The Bertz CT molecular complexity index is 423. The lowest BCUT2D eigenvalue weighted by Gasteiger charge is -2.10. The van der Waals surface area contributed by atoms with Gasteiger partial charge >= 0.3 is 0 Å². The fourth-order valence-corrected chi connectivity index (χ4v) is 2.79. The van der Waals surface area contributed by atoms with Crippen LogP contribution in [0.25, 0.3) is 0 Å². The molecule has 1 aliphatic rings. The van der Waals surface area contributed by atoms with Gasteiger partial charge in [0.15, 0.2) is 5.78 Å². The molecule has 0 bridgehead atoms. The molecule has 1 aromatic carbocycles. The second-order valence-corrected chi connectivity index (χ2v) is 5.71. The van der Waals surface area contributed by atoms with E-state index in [-0.39, 0.29) is 11.7 Å². The molecule has 1 saturated heterocycles. The van der Waals surface area contributed by atoms with E-state index in [1.165, 1.54) is 0 Å². The molecule has 1 atom stereocenters. The highest BCUT2D eigenvalue weighted by Gasteiger charge is 2.26. The molecule has 2 nitrogen and oxygen atoms in total. The zero-order valence-corrected chi connectivity index (χ0v) is 12.1. The van der Waals surface area contributed by atoms with Crippen molar-refractivity contribution in [1.82, 2.24) is 0 Å². The standard InChI is InChI=1S/C12H12Br2O2/c1-7-4-11(14)9(5-10(7)13)12(15)8-2-3-16-6-8/h4-5,8H,2-3,6H2,1H3. The second-order valence-electron chi connectivity index (χ2n) is 4.01. The van der Waals surface area contributed by atoms with Crippen molar-refractivity contribution in [3.8, 4) is 0 Å². The fourth-order valence-electron chi connectivity index (χ4n) is 1.80. The quantitative estimate of drug-likeness (QED) is 0.762. The highest BCUT2D eigenvalue weighted by atomic mass is 79.9. The van der Waals surface area contributed by atoms with Gasteiger partial charge in [0.05, 0.1) is 6.61 Å². The van der Waals surface area contributed by atoms with Gasteiger partial charge < -0.3 is 4.74 Å². The number of ether oxygens (including phenoxy) is 1. The van der Waals surface area contributed by atoms with Crippen molar-refractivity contribution in [1.29, 1.82) is 0 Å². The molecule has 0 spiro atoms. The highest BCUT2D eigenvalue weighted by Crippen LogP contribution is 2.29. The number of hydrogen-bond acceptors (Lipinski definition) is 2. The van der Waals surface area contributed by atoms with Crippen molar-refractivity contribution >= 4 is 37.6 Å². The number of ketones is 1. The third-order valence-corrected chi connectivity index (χ3v) is 4.32. The van der Waals surface area contributed by atoms with E-state index in [4.69, 9.17) is 4.74 Å². The molecule has 0 aromatic heterocycles. The first-order valence-corrected chi connectivity index (χ1v) is 6.76. The number of carbonyl (C=O) groups is 1. The summed E-state index contributed by atoms with van der Waals surface area (Å²) in [6, 6.07) is 3.85. The summed E-state index contributed by atoms with van der Waals surface area (Å²) in [5.74, 6) is 0.191. The minimum atomic E-state index is 0.0194. The normalized spacial score (nSPS) is 20.1. The Morgan fingerprint density at radius 2 is 2.12 bits per heavy atom. The van der Waals surface area contributed by atoms with Crippen LogP contribution in [0.2, 0.25) is 0 Å². The molecule has 1 heterocycles. The van der Waals surface area contributed by atoms with Gasteiger partial charge in [-0.15, -0.1) is 0 Å². The molecular formula is C12H12Br2O2. The van der Waals surface area contributed by atoms with Crippen LogP contribution in [-0.4, -0.2) is 19.0 Å². The maximum absolute atomic E-state index is 12.2. The van der Waals surface area contributed by atoms with E-state index in [2.05, 4.69) is 31.9 Å². The monoisotopic (exact) mass is 346 g/mol. The Labute approximate surface area is 112 Å². The number of hydrogen-bond donors (Lipinski definition) is 0. The van der Waals surface area contributed by atoms with Gasteiger partial charge in [-0.05, 0) is 31.0 Å². The Hall–Kier alpha value is -0.190. The summed E-state index contributed by atoms with van der Waals surface area (Å²) in [5, 5.41) is 0. The molecule has 0 aliphatic carbocycles. The minimum absolute atomic E-state index is 0.0194. The smallest absolute Gasteiger partial charge is 0.169 e. The number of rotatable bonds is 2. The fraction of sp³-hybridized carbons (Fsp3) is 0.417. The van der Waals surface area contributed by atoms with Crippen molar-refractivity contribution < 1.29 is 9.53 Å². The van der Waals surface area contributed by atoms with Crippen LogP contribution in [0.5, 0.6) is 0 Å². The van der Waals surface area contributed by atoms with Crippen molar-refractivity contribution in [3.05, 3.63) is 32.2 Å². The van der Waals surface area contributed by atoms with Gasteiger partial charge in [0, 0.05) is 27.0 Å². The van der Waals surface area contributed by atoms with Gasteiger partial charge in [-0.25, -0.2) is 0 Å². The van der Waals surface area contributed by atoms with Crippen LogP contribution in [0, 0.1) is 12.8 Å². The van der Waals surface area contributed by atoms with E-state index in [0.717, 1.165) is 26.5 Å². The lowest BCUT2D eigenvalue weighted by atomic mass is 9.96. The molecular weight excluding hydrogens is 336 g/mol. The third-order valence-electron chi connectivity index (χ3n) is 2.81. The van der Waals surface area contributed by atoms with Crippen LogP contribution in [0.1, 0.15) is 22.3 Å². The van der Waals surface area contributed by atoms with Gasteiger partial charge in [0.25, 0.3) is 0 Å². The van der Waals surface area contributed by atoms with Crippen molar-refractivity contribution in [2.24, 2.45) is 5.92 Å². The first-order chi connectivity index (χ1) is 7.59. The molecule has 1 unspecified atom stereocenters. The Morgan fingerprint density at radius 3 is 2.75 bits per heavy atom. The summed E-state index contributed by atoms with van der Waals surface area (Å²) in [5.41, 5.74) is 1.86. The molecule has 4 heteroatoms. The summed E-state index contributed by atoms with van der Waals surface area (Å²) >= 11 is 6.90. The maximum atomic E-state index is 12.2. The molecule has 1 aromatic rings.